The van der Waals surface area contributed by atoms with Crippen LogP contribution in [-0.2, 0) is 14.3 Å². The van der Waals surface area contributed by atoms with Crippen molar-refractivity contribution in [2.24, 2.45) is 11.1 Å². The van der Waals surface area contributed by atoms with E-state index in [1.54, 1.807) is 20.8 Å². The summed E-state index contributed by atoms with van der Waals surface area (Å²) in [5.41, 5.74) is 4.76. The first-order chi connectivity index (χ1) is 8.14. The van der Waals surface area contributed by atoms with E-state index in [-0.39, 0.29) is 6.61 Å². The number of esters is 1. The van der Waals surface area contributed by atoms with Gasteiger partial charge in [0.15, 0.2) is 0 Å². The first kappa shape index (κ1) is 15.3. The Morgan fingerprint density at radius 2 is 1.78 bits per heavy atom. The second-order valence-corrected chi connectivity index (χ2v) is 5.46. The van der Waals surface area contributed by atoms with Gasteiger partial charge in [-0.3, -0.25) is 4.79 Å². The fourth-order valence-corrected chi connectivity index (χ4v) is 1.49. The van der Waals surface area contributed by atoms with Gasteiger partial charge < -0.3 is 30.5 Å². The summed E-state index contributed by atoms with van der Waals surface area (Å²) in [6.45, 7) is 4.85. The first-order valence-corrected chi connectivity index (χ1v) is 5.77. The number of ether oxygens (including phenoxy) is 2. The van der Waals surface area contributed by atoms with Crippen molar-refractivity contribution in [2.45, 2.75) is 51.4 Å². The molecule has 5 N–H and O–H groups in total. The minimum atomic E-state index is -1.42. The molecule has 7 nitrogen and oxygen atoms in total. The van der Waals surface area contributed by atoms with Gasteiger partial charge in [0.25, 0.3) is 0 Å². The quantitative estimate of drug-likeness (QED) is 0.440. The summed E-state index contributed by atoms with van der Waals surface area (Å²) in [6.07, 6.45) is -6.22. The molecule has 0 bridgehead atoms. The number of carbonyl (C=O) groups excluding carboxylic acids is 1. The van der Waals surface area contributed by atoms with Crippen LogP contribution in [-0.4, -0.2) is 58.5 Å². The van der Waals surface area contributed by atoms with Gasteiger partial charge in [0.1, 0.15) is 37.3 Å². The van der Waals surface area contributed by atoms with E-state index in [9.17, 15) is 20.1 Å². The van der Waals surface area contributed by atoms with Crippen LogP contribution in [0.5, 0.6) is 0 Å². The van der Waals surface area contributed by atoms with Crippen molar-refractivity contribution in [1.82, 2.24) is 0 Å². The minimum absolute atomic E-state index is 0.227. The Morgan fingerprint density at radius 1 is 1.22 bits per heavy atom. The van der Waals surface area contributed by atoms with E-state index in [0.717, 1.165) is 0 Å². The number of nitrogens with two attached hydrogens (primary N) is 1. The lowest BCUT2D eigenvalue weighted by Crippen LogP contribution is -2.61. The third kappa shape index (κ3) is 3.39. The maximum atomic E-state index is 11.5. The number of carbonyl (C=O) groups is 1. The molecule has 18 heavy (non-hydrogen) atoms. The van der Waals surface area contributed by atoms with E-state index < -0.39 is 42.0 Å². The van der Waals surface area contributed by atoms with Crippen LogP contribution in [0.4, 0.5) is 0 Å². The largest absolute Gasteiger partial charge is 0.462 e. The van der Waals surface area contributed by atoms with Gasteiger partial charge in [-0.1, -0.05) is 0 Å². The highest BCUT2D eigenvalue weighted by Gasteiger charge is 2.42. The van der Waals surface area contributed by atoms with Crippen molar-refractivity contribution in [3.63, 3.8) is 0 Å². The van der Waals surface area contributed by atoms with Crippen LogP contribution in [0.25, 0.3) is 0 Å². The van der Waals surface area contributed by atoms with E-state index in [1.165, 1.54) is 0 Å². The molecule has 0 spiro atoms. The molecule has 0 aromatic rings. The van der Waals surface area contributed by atoms with Crippen molar-refractivity contribution in [1.29, 1.82) is 0 Å². The summed E-state index contributed by atoms with van der Waals surface area (Å²) >= 11 is 0. The molecule has 0 amide bonds. The van der Waals surface area contributed by atoms with E-state index in [2.05, 4.69) is 0 Å². The van der Waals surface area contributed by atoms with Gasteiger partial charge in [-0.05, 0) is 20.8 Å². The van der Waals surface area contributed by atoms with Gasteiger partial charge in [0, 0.05) is 0 Å². The molecule has 1 rings (SSSR count). The van der Waals surface area contributed by atoms with E-state index in [1.807, 2.05) is 0 Å². The van der Waals surface area contributed by atoms with Crippen LogP contribution < -0.4 is 5.73 Å². The van der Waals surface area contributed by atoms with Gasteiger partial charge in [-0.25, -0.2) is 0 Å². The van der Waals surface area contributed by atoms with Crippen LogP contribution >= 0.6 is 0 Å². The van der Waals surface area contributed by atoms with Gasteiger partial charge >= 0.3 is 5.97 Å². The lowest BCUT2D eigenvalue weighted by atomic mass is 9.97. The Balaban J connectivity index is 2.55. The number of aliphatic hydroxyl groups excluding tert-OH is 3. The van der Waals surface area contributed by atoms with Gasteiger partial charge in [-0.2, -0.15) is 0 Å². The Labute approximate surface area is 105 Å². The van der Waals surface area contributed by atoms with E-state index in [4.69, 9.17) is 15.2 Å². The Kier molecular flexibility index (Phi) is 4.68. The zero-order valence-electron chi connectivity index (χ0n) is 10.7. The molecule has 106 valence electrons. The molecule has 0 aromatic heterocycles. The SMILES string of the molecule is CC(C)(C)C(=O)OC[C@H]1OC(N)[C@H](O)[C@@H](O)[C@@H]1O. The average Bonchev–Trinajstić information content (AvgIpc) is 2.27. The predicted molar refractivity (Wildman–Crippen MR) is 61.3 cm³/mol. The number of rotatable bonds is 2. The standard InChI is InChI=1S/C11H21NO6/c1-11(2,3)10(16)17-4-5-6(13)7(14)8(15)9(12)18-5/h5-9,13-15H,4,12H2,1-3H3/t5-,6-,7+,8-,9?/m1/s1. The van der Waals surface area contributed by atoms with Crippen molar-refractivity contribution < 1.29 is 29.6 Å². The monoisotopic (exact) mass is 263 g/mol. The van der Waals surface area contributed by atoms with Crippen LogP contribution in [0.3, 0.4) is 0 Å². The molecular formula is C11H21NO6. The number of hydrogen-bond acceptors (Lipinski definition) is 7. The van der Waals surface area contributed by atoms with Gasteiger partial charge in [-0.15, -0.1) is 0 Å². The summed E-state index contributed by atoms with van der Waals surface area (Å²) in [5.74, 6) is -0.451. The highest BCUT2D eigenvalue weighted by molar-refractivity contribution is 5.75. The molecule has 7 heteroatoms. The molecule has 0 aromatic carbocycles. The Morgan fingerprint density at radius 3 is 2.28 bits per heavy atom. The zero-order chi connectivity index (χ0) is 14.1. The summed E-state index contributed by atoms with van der Waals surface area (Å²) in [5, 5.41) is 28.5. The fourth-order valence-electron chi connectivity index (χ4n) is 1.49. The summed E-state index contributed by atoms with van der Waals surface area (Å²) < 4.78 is 10.1. The van der Waals surface area contributed by atoms with Crippen molar-refractivity contribution in [2.75, 3.05) is 6.61 Å². The molecule has 1 heterocycles. The second kappa shape index (κ2) is 5.50. The molecule has 1 saturated heterocycles. The zero-order valence-corrected chi connectivity index (χ0v) is 10.7. The van der Waals surface area contributed by atoms with Crippen molar-refractivity contribution in [3.05, 3.63) is 0 Å². The predicted octanol–water partition coefficient (Wildman–Crippen LogP) is -1.66. The summed E-state index contributed by atoms with van der Waals surface area (Å²) in [6, 6.07) is 0. The smallest absolute Gasteiger partial charge is 0.311 e. The molecule has 0 saturated carbocycles. The van der Waals surface area contributed by atoms with Gasteiger partial charge in [0.2, 0.25) is 0 Å². The Bertz CT molecular complexity index is 302. The summed E-state index contributed by atoms with van der Waals surface area (Å²) in [7, 11) is 0. The fraction of sp³-hybridized carbons (Fsp3) is 0.909. The average molecular weight is 263 g/mol. The maximum Gasteiger partial charge on any atom is 0.311 e. The summed E-state index contributed by atoms with van der Waals surface area (Å²) in [4.78, 5) is 11.5. The van der Waals surface area contributed by atoms with E-state index >= 15 is 0 Å². The molecule has 1 unspecified atom stereocenters. The van der Waals surface area contributed by atoms with Crippen LogP contribution in [0, 0.1) is 5.41 Å². The number of aliphatic hydroxyl groups is 3. The third-order valence-corrected chi connectivity index (χ3v) is 2.74. The Hall–Kier alpha value is -0.730. The molecule has 0 radical (unpaired) electrons. The highest BCUT2D eigenvalue weighted by Crippen LogP contribution is 2.21. The van der Waals surface area contributed by atoms with Crippen LogP contribution in [0.15, 0.2) is 0 Å². The molecular weight excluding hydrogens is 242 g/mol. The third-order valence-electron chi connectivity index (χ3n) is 2.74. The number of hydrogen-bond donors (Lipinski definition) is 4. The molecule has 1 aliphatic rings. The van der Waals surface area contributed by atoms with Crippen molar-refractivity contribution >= 4 is 5.97 Å². The molecule has 1 aliphatic heterocycles. The second-order valence-electron chi connectivity index (χ2n) is 5.46. The van der Waals surface area contributed by atoms with E-state index in [0.29, 0.717) is 0 Å². The van der Waals surface area contributed by atoms with Crippen LogP contribution in [0.1, 0.15) is 20.8 Å². The lowest BCUT2D eigenvalue weighted by Gasteiger charge is -2.38. The maximum absolute atomic E-state index is 11.5. The van der Waals surface area contributed by atoms with Crippen molar-refractivity contribution in [3.8, 4) is 0 Å². The minimum Gasteiger partial charge on any atom is -0.462 e. The normalized spacial score (nSPS) is 37.4. The lowest BCUT2D eigenvalue weighted by molar-refractivity contribution is -0.231. The van der Waals surface area contributed by atoms with Gasteiger partial charge in [0.05, 0.1) is 5.41 Å². The molecule has 5 atom stereocenters. The highest BCUT2D eigenvalue weighted by atomic mass is 16.6. The topological polar surface area (TPSA) is 122 Å². The first-order valence-electron chi connectivity index (χ1n) is 5.77. The van der Waals surface area contributed by atoms with Crippen LogP contribution in [0.2, 0.25) is 0 Å². The molecule has 0 aliphatic carbocycles. The molecule has 1 fully saturated rings.